The van der Waals surface area contributed by atoms with Crippen molar-refractivity contribution in [2.45, 2.75) is 51.9 Å². The van der Waals surface area contributed by atoms with Crippen LogP contribution in [0.2, 0.25) is 0 Å². The molecule has 0 N–H and O–H groups in total. The molecule has 0 aliphatic carbocycles. The predicted octanol–water partition coefficient (Wildman–Crippen LogP) is 3.77. The zero-order valence-corrected chi connectivity index (χ0v) is 18.9. The molecule has 0 radical (unpaired) electrons. The fourth-order valence-corrected chi connectivity index (χ4v) is 4.27. The Bertz CT molecular complexity index is 678. The van der Waals surface area contributed by atoms with Gasteiger partial charge in [0.15, 0.2) is 0 Å². The van der Waals surface area contributed by atoms with Gasteiger partial charge in [-0.25, -0.2) is 4.79 Å². The number of hydrogen-bond donors (Lipinski definition) is 0. The maximum absolute atomic E-state index is 12.9. The van der Waals surface area contributed by atoms with Crippen molar-refractivity contribution in [1.29, 1.82) is 0 Å². The Morgan fingerprint density at radius 2 is 1.69 bits per heavy atom. The number of rotatable bonds is 3. The van der Waals surface area contributed by atoms with Crippen molar-refractivity contribution in [3.8, 4) is 0 Å². The van der Waals surface area contributed by atoms with E-state index in [0.717, 1.165) is 38.2 Å². The van der Waals surface area contributed by atoms with Crippen molar-refractivity contribution in [3.05, 3.63) is 29.8 Å². The molecule has 1 amide bonds. The van der Waals surface area contributed by atoms with Gasteiger partial charge in [0.2, 0.25) is 0 Å². The summed E-state index contributed by atoms with van der Waals surface area (Å²) in [6.45, 7) is 12.8. The number of piperazine rings is 1. The summed E-state index contributed by atoms with van der Waals surface area (Å²) in [5.74, 6) is 0.272. The third-order valence-corrected chi connectivity index (χ3v) is 6.03. The smallest absolute Gasteiger partial charge is 0.410 e. The molecule has 1 aromatic rings. The molecule has 3 atom stereocenters. The number of hydrogen-bond acceptors (Lipinski definition) is 5. The van der Waals surface area contributed by atoms with Crippen molar-refractivity contribution < 1.29 is 14.3 Å². The highest BCUT2D eigenvalue weighted by Gasteiger charge is 2.38. The molecular weight excluding hydrogens is 366 g/mol. The lowest BCUT2D eigenvalue weighted by Gasteiger charge is -2.43. The van der Waals surface area contributed by atoms with E-state index in [0.29, 0.717) is 6.54 Å². The molecule has 2 saturated heterocycles. The summed E-state index contributed by atoms with van der Waals surface area (Å²) in [6, 6.07) is 8.67. The highest BCUT2D eigenvalue weighted by molar-refractivity contribution is 5.69. The molecule has 162 valence electrons. The average molecular weight is 404 g/mol. The fourth-order valence-electron chi connectivity index (χ4n) is 4.27. The molecule has 2 aliphatic rings. The van der Waals surface area contributed by atoms with Crippen LogP contribution in [-0.4, -0.2) is 74.5 Å². The standard InChI is InChI=1S/C23H37N3O3/c1-17-16-26(22(27)29-23(2,3)4)20(15-21(17)28-6)18-7-9-19(10-8-18)25-13-11-24(5)12-14-25/h7-10,17,20-21H,11-16H2,1-6H3. The lowest BCUT2D eigenvalue weighted by Crippen LogP contribution is -2.49. The van der Waals surface area contributed by atoms with Crippen molar-refractivity contribution in [2.24, 2.45) is 5.92 Å². The zero-order chi connectivity index (χ0) is 21.2. The quantitative estimate of drug-likeness (QED) is 0.769. The number of likely N-dealkylation sites (tertiary alicyclic amines) is 1. The van der Waals surface area contributed by atoms with Crippen LogP contribution in [0.3, 0.4) is 0 Å². The molecular formula is C23H37N3O3. The summed E-state index contributed by atoms with van der Waals surface area (Å²) in [5.41, 5.74) is 1.88. The molecule has 6 nitrogen and oxygen atoms in total. The Morgan fingerprint density at radius 1 is 1.07 bits per heavy atom. The van der Waals surface area contributed by atoms with Gasteiger partial charge in [0, 0.05) is 51.4 Å². The van der Waals surface area contributed by atoms with Gasteiger partial charge < -0.3 is 24.2 Å². The van der Waals surface area contributed by atoms with Crippen LogP contribution < -0.4 is 4.90 Å². The van der Waals surface area contributed by atoms with Crippen molar-refractivity contribution >= 4 is 11.8 Å². The Balaban J connectivity index is 1.79. The van der Waals surface area contributed by atoms with Crippen LogP contribution in [0.25, 0.3) is 0 Å². The van der Waals surface area contributed by atoms with Crippen LogP contribution in [0.1, 0.15) is 45.7 Å². The van der Waals surface area contributed by atoms with Crippen molar-refractivity contribution in [3.63, 3.8) is 0 Å². The maximum atomic E-state index is 12.9. The molecule has 0 bridgehead atoms. The SMILES string of the molecule is COC1CC(c2ccc(N3CCN(C)CC3)cc2)N(C(=O)OC(C)(C)C)CC1C. The number of benzene rings is 1. The van der Waals surface area contributed by atoms with Crippen molar-refractivity contribution in [1.82, 2.24) is 9.80 Å². The number of methoxy groups -OCH3 is 1. The van der Waals surface area contributed by atoms with Gasteiger partial charge in [-0.2, -0.15) is 0 Å². The first kappa shape index (κ1) is 21.9. The van der Waals surface area contributed by atoms with Gasteiger partial charge >= 0.3 is 6.09 Å². The molecule has 6 heteroatoms. The first-order chi connectivity index (χ1) is 13.7. The van der Waals surface area contributed by atoms with Gasteiger partial charge in [-0.3, -0.25) is 0 Å². The van der Waals surface area contributed by atoms with Gasteiger partial charge in [0.05, 0.1) is 12.1 Å². The second-order valence-electron chi connectivity index (χ2n) is 9.52. The van der Waals surface area contributed by atoms with Crippen LogP contribution in [0.4, 0.5) is 10.5 Å². The van der Waals surface area contributed by atoms with E-state index in [9.17, 15) is 4.79 Å². The van der Waals surface area contributed by atoms with E-state index in [4.69, 9.17) is 9.47 Å². The van der Waals surface area contributed by atoms with Gasteiger partial charge in [0.25, 0.3) is 0 Å². The van der Waals surface area contributed by atoms with E-state index in [-0.39, 0.29) is 24.2 Å². The van der Waals surface area contributed by atoms with E-state index in [2.05, 4.69) is 48.0 Å². The third-order valence-electron chi connectivity index (χ3n) is 6.03. The lowest BCUT2D eigenvalue weighted by molar-refractivity contribution is -0.0416. The fraction of sp³-hybridized carbons (Fsp3) is 0.696. The average Bonchev–Trinajstić information content (AvgIpc) is 2.67. The molecule has 2 heterocycles. The molecule has 29 heavy (non-hydrogen) atoms. The van der Waals surface area contributed by atoms with E-state index in [1.54, 1.807) is 7.11 Å². The Kier molecular flexibility index (Phi) is 6.74. The number of carbonyl (C=O) groups excluding carboxylic acids is 1. The number of ether oxygens (including phenoxy) is 2. The predicted molar refractivity (Wildman–Crippen MR) is 116 cm³/mol. The molecule has 1 aromatic carbocycles. The molecule has 2 fully saturated rings. The van der Waals surface area contributed by atoms with E-state index < -0.39 is 5.60 Å². The molecule has 0 spiro atoms. The summed E-state index contributed by atoms with van der Waals surface area (Å²) < 4.78 is 11.4. The minimum Gasteiger partial charge on any atom is -0.444 e. The normalized spacial score (nSPS) is 26.5. The number of piperidine rings is 1. The van der Waals surface area contributed by atoms with Crippen molar-refractivity contribution in [2.75, 3.05) is 51.8 Å². The lowest BCUT2D eigenvalue weighted by atomic mass is 9.87. The highest BCUT2D eigenvalue weighted by atomic mass is 16.6. The number of nitrogens with zero attached hydrogens (tertiary/aromatic N) is 3. The summed E-state index contributed by atoms with van der Waals surface area (Å²) in [4.78, 5) is 19.6. The first-order valence-electron chi connectivity index (χ1n) is 10.7. The molecule has 2 aliphatic heterocycles. The molecule has 0 saturated carbocycles. The van der Waals surface area contributed by atoms with Crippen LogP contribution >= 0.6 is 0 Å². The first-order valence-corrected chi connectivity index (χ1v) is 10.7. The van der Waals surface area contributed by atoms with Crippen LogP contribution in [0.15, 0.2) is 24.3 Å². The number of amides is 1. The largest absolute Gasteiger partial charge is 0.444 e. The second-order valence-corrected chi connectivity index (χ2v) is 9.52. The minimum atomic E-state index is -0.506. The van der Waals surface area contributed by atoms with E-state index in [1.807, 2.05) is 25.7 Å². The Labute approximate surface area is 175 Å². The van der Waals surface area contributed by atoms with E-state index >= 15 is 0 Å². The van der Waals surface area contributed by atoms with Crippen LogP contribution in [0, 0.1) is 5.92 Å². The van der Waals surface area contributed by atoms with E-state index in [1.165, 1.54) is 5.69 Å². The molecule has 0 aromatic heterocycles. The number of carbonyl (C=O) groups is 1. The Morgan fingerprint density at radius 3 is 2.24 bits per heavy atom. The van der Waals surface area contributed by atoms with Gasteiger partial charge in [0.1, 0.15) is 5.60 Å². The summed E-state index contributed by atoms with van der Waals surface area (Å²) >= 11 is 0. The topological polar surface area (TPSA) is 45.2 Å². The summed E-state index contributed by atoms with van der Waals surface area (Å²) in [5, 5.41) is 0. The zero-order valence-electron chi connectivity index (χ0n) is 18.9. The third kappa shape index (κ3) is 5.43. The molecule has 3 unspecified atom stereocenters. The van der Waals surface area contributed by atoms with Crippen LogP contribution in [-0.2, 0) is 9.47 Å². The molecule has 3 rings (SSSR count). The summed E-state index contributed by atoms with van der Waals surface area (Å²) in [6.07, 6.45) is 0.674. The Hall–Kier alpha value is -1.79. The monoisotopic (exact) mass is 403 g/mol. The van der Waals surface area contributed by atoms with Crippen LogP contribution in [0.5, 0.6) is 0 Å². The second kappa shape index (κ2) is 8.92. The van der Waals surface area contributed by atoms with Gasteiger partial charge in [-0.1, -0.05) is 19.1 Å². The minimum absolute atomic E-state index is 0.0347. The maximum Gasteiger partial charge on any atom is 0.410 e. The van der Waals surface area contributed by atoms with Gasteiger partial charge in [-0.15, -0.1) is 0 Å². The number of anilines is 1. The van der Waals surface area contributed by atoms with Gasteiger partial charge in [-0.05, 0) is 51.9 Å². The number of likely N-dealkylation sites (N-methyl/N-ethyl adjacent to an activating group) is 1. The highest BCUT2D eigenvalue weighted by Crippen LogP contribution is 2.36. The summed E-state index contributed by atoms with van der Waals surface area (Å²) in [7, 11) is 3.93.